The maximum atomic E-state index is 4.41. The lowest BCUT2D eigenvalue weighted by molar-refractivity contribution is 1.12. The SMILES string of the molecule is Brc1ccc2[nH]nc(-c3cccnc3)c2n1. The molecule has 3 aromatic heterocycles. The summed E-state index contributed by atoms with van der Waals surface area (Å²) in [6.07, 6.45) is 3.51. The van der Waals surface area contributed by atoms with Gasteiger partial charge in [-0.1, -0.05) is 0 Å². The van der Waals surface area contributed by atoms with E-state index in [2.05, 4.69) is 36.1 Å². The molecule has 3 rings (SSSR count). The number of fused-ring (bicyclic) bond motifs is 1. The normalized spacial score (nSPS) is 10.8. The molecule has 0 fully saturated rings. The minimum atomic E-state index is 0.798. The van der Waals surface area contributed by atoms with Crippen molar-refractivity contribution in [1.29, 1.82) is 0 Å². The number of aromatic amines is 1. The number of hydrogen-bond donors (Lipinski definition) is 1. The number of rotatable bonds is 1. The van der Waals surface area contributed by atoms with Gasteiger partial charge in [-0.25, -0.2) is 4.98 Å². The summed E-state index contributed by atoms with van der Waals surface area (Å²) in [7, 11) is 0. The van der Waals surface area contributed by atoms with Crippen molar-refractivity contribution in [2.45, 2.75) is 0 Å². The third kappa shape index (κ3) is 1.49. The summed E-state index contributed by atoms with van der Waals surface area (Å²) in [6, 6.07) is 7.67. The van der Waals surface area contributed by atoms with Gasteiger partial charge in [0.15, 0.2) is 0 Å². The highest BCUT2D eigenvalue weighted by Gasteiger charge is 2.09. The molecule has 0 aromatic carbocycles. The zero-order valence-electron chi connectivity index (χ0n) is 8.18. The number of hydrogen-bond acceptors (Lipinski definition) is 3. The van der Waals surface area contributed by atoms with E-state index in [0.717, 1.165) is 26.9 Å². The van der Waals surface area contributed by atoms with Crippen molar-refractivity contribution in [3.63, 3.8) is 0 Å². The van der Waals surface area contributed by atoms with Gasteiger partial charge in [0.25, 0.3) is 0 Å². The lowest BCUT2D eigenvalue weighted by atomic mass is 10.2. The van der Waals surface area contributed by atoms with Crippen molar-refractivity contribution in [3.8, 4) is 11.3 Å². The molecule has 16 heavy (non-hydrogen) atoms. The van der Waals surface area contributed by atoms with E-state index in [9.17, 15) is 0 Å². The Hall–Kier alpha value is -1.75. The van der Waals surface area contributed by atoms with Gasteiger partial charge in [-0.15, -0.1) is 0 Å². The Kier molecular flexibility index (Phi) is 2.18. The molecule has 0 bridgehead atoms. The molecule has 5 heteroatoms. The molecule has 0 atom stereocenters. The minimum Gasteiger partial charge on any atom is -0.276 e. The standard InChI is InChI=1S/C11H7BrN4/c12-9-4-3-8-11(14-9)10(16-15-8)7-2-1-5-13-6-7/h1-6H,(H,15,16). The number of halogens is 1. The van der Waals surface area contributed by atoms with Crippen LogP contribution in [0.5, 0.6) is 0 Å². The highest BCUT2D eigenvalue weighted by atomic mass is 79.9. The quantitative estimate of drug-likeness (QED) is 0.695. The third-order valence-corrected chi connectivity index (χ3v) is 2.75. The fraction of sp³-hybridized carbons (Fsp3) is 0. The first-order valence-electron chi connectivity index (χ1n) is 4.75. The van der Waals surface area contributed by atoms with Gasteiger partial charge >= 0.3 is 0 Å². The Morgan fingerprint density at radius 3 is 2.94 bits per heavy atom. The molecular formula is C11H7BrN4. The molecule has 0 radical (unpaired) electrons. The van der Waals surface area contributed by atoms with Crippen LogP contribution in [0.3, 0.4) is 0 Å². The van der Waals surface area contributed by atoms with Crippen LogP contribution in [0.4, 0.5) is 0 Å². The van der Waals surface area contributed by atoms with E-state index in [1.54, 1.807) is 12.4 Å². The molecule has 0 spiro atoms. The highest BCUT2D eigenvalue weighted by Crippen LogP contribution is 2.24. The van der Waals surface area contributed by atoms with Crippen molar-refractivity contribution >= 4 is 27.0 Å². The largest absolute Gasteiger partial charge is 0.276 e. The molecule has 0 amide bonds. The molecule has 0 saturated carbocycles. The summed E-state index contributed by atoms with van der Waals surface area (Å²) in [5, 5.41) is 7.21. The fourth-order valence-corrected chi connectivity index (χ4v) is 1.89. The van der Waals surface area contributed by atoms with Gasteiger partial charge in [-0.05, 0) is 40.2 Å². The average Bonchev–Trinajstić information content (AvgIpc) is 2.73. The Balaban J connectivity index is 2.29. The second kappa shape index (κ2) is 3.68. The maximum absolute atomic E-state index is 4.41. The van der Waals surface area contributed by atoms with Crippen LogP contribution >= 0.6 is 15.9 Å². The van der Waals surface area contributed by atoms with Crippen LogP contribution in [-0.4, -0.2) is 20.2 Å². The first-order chi connectivity index (χ1) is 7.84. The van der Waals surface area contributed by atoms with Crippen molar-refractivity contribution < 1.29 is 0 Å². The molecule has 3 heterocycles. The minimum absolute atomic E-state index is 0.798. The first kappa shape index (κ1) is 9.47. The van der Waals surface area contributed by atoms with Crippen LogP contribution in [0.25, 0.3) is 22.3 Å². The number of H-pyrrole nitrogens is 1. The predicted octanol–water partition coefficient (Wildman–Crippen LogP) is 2.78. The van der Waals surface area contributed by atoms with E-state index in [1.165, 1.54) is 0 Å². The molecule has 0 aliphatic carbocycles. The van der Waals surface area contributed by atoms with Gasteiger partial charge in [0, 0.05) is 18.0 Å². The van der Waals surface area contributed by atoms with Crippen LogP contribution < -0.4 is 0 Å². The monoisotopic (exact) mass is 274 g/mol. The molecule has 0 aliphatic rings. The van der Waals surface area contributed by atoms with Crippen LogP contribution in [0.1, 0.15) is 0 Å². The molecule has 4 nitrogen and oxygen atoms in total. The fourth-order valence-electron chi connectivity index (χ4n) is 1.58. The van der Waals surface area contributed by atoms with Crippen molar-refractivity contribution in [3.05, 3.63) is 41.3 Å². The maximum Gasteiger partial charge on any atom is 0.120 e. The van der Waals surface area contributed by atoms with Crippen molar-refractivity contribution in [2.24, 2.45) is 0 Å². The third-order valence-electron chi connectivity index (χ3n) is 2.31. The molecule has 1 N–H and O–H groups in total. The molecule has 78 valence electrons. The van der Waals surface area contributed by atoms with Crippen LogP contribution in [0.2, 0.25) is 0 Å². The first-order valence-corrected chi connectivity index (χ1v) is 5.55. The van der Waals surface area contributed by atoms with E-state index in [-0.39, 0.29) is 0 Å². The van der Waals surface area contributed by atoms with Crippen molar-refractivity contribution in [2.75, 3.05) is 0 Å². The Labute approximate surface area is 99.9 Å². The zero-order chi connectivity index (χ0) is 11.0. The van der Waals surface area contributed by atoms with E-state index in [4.69, 9.17) is 0 Å². The summed E-state index contributed by atoms with van der Waals surface area (Å²) in [5.41, 5.74) is 3.55. The number of nitrogens with zero attached hydrogens (tertiary/aromatic N) is 3. The Morgan fingerprint density at radius 1 is 1.19 bits per heavy atom. The summed E-state index contributed by atoms with van der Waals surface area (Å²) in [6.45, 7) is 0. The lowest BCUT2D eigenvalue weighted by Gasteiger charge is -1.96. The topological polar surface area (TPSA) is 54.5 Å². The number of pyridine rings is 2. The summed E-state index contributed by atoms with van der Waals surface area (Å²) in [5.74, 6) is 0. The van der Waals surface area contributed by atoms with E-state index < -0.39 is 0 Å². The lowest BCUT2D eigenvalue weighted by Crippen LogP contribution is -1.82. The number of aromatic nitrogens is 4. The number of nitrogens with one attached hydrogen (secondary N) is 1. The van der Waals surface area contributed by atoms with Gasteiger partial charge in [0.1, 0.15) is 15.8 Å². The molecule has 0 saturated heterocycles. The van der Waals surface area contributed by atoms with Crippen LogP contribution in [-0.2, 0) is 0 Å². The Bertz CT molecular complexity index is 633. The van der Waals surface area contributed by atoms with Crippen LogP contribution in [0, 0.1) is 0 Å². The molecule has 0 unspecified atom stereocenters. The molecule has 0 aliphatic heterocycles. The second-order valence-corrected chi connectivity index (χ2v) is 4.16. The van der Waals surface area contributed by atoms with Gasteiger partial charge in [-0.3, -0.25) is 10.1 Å². The van der Waals surface area contributed by atoms with Gasteiger partial charge in [-0.2, -0.15) is 5.10 Å². The molecule has 3 aromatic rings. The smallest absolute Gasteiger partial charge is 0.120 e. The van der Waals surface area contributed by atoms with E-state index >= 15 is 0 Å². The average molecular weight is 275 g/mol. The summed E-state index contributed by atoms with van der Waals surface area (Å²) < 4.78 is 0.798. The van der Waals surface area contributed by atoms with Gasteiger partial charge < -0.3 is 0 Å². The predicted molar refractivity (Wildman–Crippen MR) is 64.8 cm³/mol. The Morgan fingerprint density at radius 2 is 2.12 bits per heavy atom. The van der Waals surface area contributed by atoms with Gasteiger partial charge in [0.05, 0.1) is 5.52 Å². The summed E-state index contributed by atoms with van der Waals surface area (Å²) >= 11 is 3.36. The molecular weight excluding hydrogens is 268 g/mol. The highest BCUT2D eigenvalue weighted by molar-refractivity contribution is 9.10. The summed E-state index contributed by atoms with van der Waals surface area (Å²) in [4.78, 5) is 8.48. The van der Waals surface area contributed by atoms with E-state index in [0.29, 0.717) is 0 Å². The second-order valence-electron chi connectivity index (χ2n) is 3.34. The zero-order valence-corrected chi connectivity index (χ0v) is 9.77. The van der Waals surface area contributed by atoms with Crippen molar-refractivity contribution in [1.82, 2.24) is 20.2 Å². The van der Waals surface area contributed by atoms with Gasteiger partial charge in [0.2, 0.25) is 0 Å². The van der Waals surface area contributed by atoms with E-state index in [1.807, 2.05) is 24.3 Å². The van der Waals surface area contributed by atoms with Crippen LogP contribution in [0.15, 0.2) is 41.3 Å².